The normalized spacial score (nSPS) is 21.7. The number of halogens is 3. The van der Waals surface area contributed by atoms with E-state index < -0.39 is 11.7 Å². The van der Waals surface area contributed by atoms with Crippen LogP contribution < -0.4 is 10.6 Å². The van der Waals surface area contributed by atoms with E-state index in [0.29, 0.717) is 37.2 Å². The van der Waals surface area contributed by atoms with Gasteiger partial charge in [0.2, 0.25) is 11.9 Å². The van der Waals surface area contributed by atoms with Crippen LogP contribution in [0.25, 0.3) is 0 Å². The topological polar surface area (TPSA) is 103 Å². The minimum Gasteiger partial charge on any atom is -0.379 e. The van der Waals surface area contributed by atoms with E-state index in [9.17, 15) is 22.8 Å². The number of nitrogens with one attached hydrogen (secondary N) is 2. The predicted molar refractivity (Wildman–Crippen MR) is 164 cm³/mol. The van der Waals surface area contributed by atoms with E-state index in [-0.39, 0.29) is 47.8 Å². The van der Waals surface area contributed by atoms with Crippen LogP contribution in [0.3, 0.4) is 0 Å². The molecule has 5 rings (SSSR count). The van der Waals surface area contributed by atoms with Gasteiger partial charge in [-0.25, -0.2) is 9.97 Å². The molecule has 1 aromatic carbocycles. The third-order valence-electron chi connectivity index (χ3n) is 8.94. The van der Waals surface area contributed by atoms with Gasteiger partial charge in [0, 0.05) is 81.8 Å². The number of nitrogens with zero attached hydrogens (tertiary/aromatic N) is 5. The minimum absolute atomic E-state index is 0.0338. The van der Waals surface area contributed by atoms with E-state index in [2.05, 4.69) is 30.4 Å². The van der Waals surface area contributed by atoms with Crippen LogP contribution in [0.15, 0.2) is 30.5 Å². The Kier molecular flexibility index (Phi) is 10.9. The fourth-order valence-electron chi connectivity index (χ4n) is 6.43. The van der Waals surface area contributed by atoms with Gasteiger partial charge in [0.05, 0.1) is 24.5 Å². The lowest BCUT2D eigenvalue weighted by atomic mass is 9.89. The number of morpholine rings is 1. The van der Waals surface area contributed by atoms with Crippen molar-refractivity contribution >= 4 is 23.5 Å². The van der Waals surface area contributed by atoms with E-state index in [1.54, 1.807) is 24.3 Å². The molecule has 2 aromatic rings. The summed E-state index contributed by atoms with van der Waals surface area (Å²) >= 11 is 0. The molecule has 1 aliphatic carbocycles. The van der Waals surface area contributed by atoms with Gasteiger partial charge in [-0.2, -0.15) is 13.2 Å². The van der Waals surface area contributed by atoms with Crippen molar-refractivity contribution in [3.8, 4) is 0 Å². The quantitative estimate of drug-likeness (QED) is 0.408. The molecule has 3 aliphatic rings. The fraction of sp³-hybridized carbons (Fsp3) is 0.625. The van der Waals surface area contributed by atoms with Crippen molar-refractivity contribution in [1.82, 2.24) is 30.0 Å². The predicted octanol–water partition coefficient (Wildman–Crippen LogP) is 3.81. The number of rotatable bonds is 10. The van der Waals surface area contributed by atoms with Crippen molar-refractivity contribution < 1.29 is 27.5 Å². The number of hydrogen-bond acceptors (Lipinski definition) is 8. The third kappa shape index (κ3) is 8.92. The Morgan fingerprint density at radius 2 is 1.64 bits per heavy atom. The van der Waals surface area contributed by atoms with Crippen LogP contribution >= 0.6 is 0 Å². The smallest absolute Gasteiger partial charge is 0.379 e. The number of anilines is 2. The lowest BCUT2D eigenvalue weighted by Crippen LogP contribution is -2.51. The molecule has 2 aliphatic heterocycles. The molecule has 2 amide bonds. The van der Waals surface area contributed by atoms with Gasteiger partial charge in [0.25, 0.3) is 5.91 Å². The lowest BCUT2D eigenvalue weighted by molar-refractivity contribution is -0.138. The largest absolute Gasteiger partial charge is 0.419 e. The zero-order valence-electron chi connectivity index (χ0n) is 26.1. The Labute approximate surface area is 262 Å². The first-order valence-corrected chi connectivity index (χ1v) is 16.0. The Bertz CT molecular complexity index is 1290. The second-order valence-corrected chi connectivity index (χ2v) is 12.5. The fourth-order valence-corrected chi connectivity index (χ4v) is 6.43. The van der Waals surface area contributed by atoms with E-state index in [0.717, 1.165) is 65.1 Å². The van der Waals surface area contributed by atoms with Crippen LogP contribution in [-0.2, 0) is 22.1 Å². The maximum Gasteiger partial charge on any atom is 0.419 e. The molecule has 1 saturated carbocycles. The summed E-state index contributed by atoms with van der Waals surface area (Å²) in [5.74, 6) is -0.706. The maximum absolute atomic E-state index is 13.9. The van der Waals surface area contributed by atoms with Gasteiger partial charge < -0.3 is 20.3 Å². The van der Waals surface area contributed by atoms with E-state index in [1.165, 1.54) is 0 Å². The summed E-state index contributed by atoms with van der Waals surface area (Å²) in [4.78, 5) is 40.7. The standard InChI is InChI=1S/C32H44F3N7O3/c1-22(2)37-29(43)26-5-3-4-24(26)20-28-27(32(33,34)35)21-36-31(39-28)38-25-8-6-23(7-9-25)30(44)42-14-12-40(13-15-42)10-11-41-16-18-45-19-17-41/h6-9,21-22,24,26H,3-5,10-20H2,1-2H3,(H,37,43)(H,36,38,39)/t24-,26-/m0/s1. The number of aromatic nitrogens is 2. The van der Waals surface area contributed by atoms with Gasteiger partial charge in [-0.05, 0) is 63.3 Å². The average molecular weight is 632 g/mol. The van der Waals surface area contributed by atoms with Gasteiger partial charge in [-0.15, -0.1) is 0 Å². The van der Waals surface area contributed by atoms with E-state index in [1.807, 2.05) is 18.7 Å². The molecule has 2 N–H and O–H groups in total. The molecular formula is C32H44F3N7O3. The first-order chi connectivity index (χ1) is 21.6. The number of carbonyl (C=O) groups is 2. The van der Waals surface area contributed by atoms with Crippen LogP contribution in [0, 0.1) is 11.8 Å². The second kappa shape index (κ2) is 14.9. The summed E-state index contributed by atoms with van der Waals surface area (Å²) < 4.78 is 47.1. The molecule has 3 fully saturated rings. The molecule has 0 radical (unpaired) electrons. The van der Waals surface area contributed by atoms with Gasteiger partial charge in [0.15, 0.2) is 0 Å². The highest BCUT2D eigenvalue weighted by atomic mass is 19.4. The van der Waals surface area contributed by atoms with Crippen molar-refractivity contribution in [2.24, 2.45) is 11.8 Å². The van der Waals surface area contributed by atoms with Gasteiger partial charge in [-0.3, -0.25) is 19.4 Å². The maximum atomic E-state index is 13.9. The lowest BCUT2D eigenvalue weighted by Gasteiger charge is -2.36. The van der Waals surface area contributed by atoms with Crippen LogP contribution in [0.1, 0.15) is 54.7 Å². The molecule has 246 valence electrons. The van der Waals surface area contributed by atoms with Crippen molar-refractivity contribution in [3.63, 3.8) is 0 Å². The summed E-state index contributed by atoms with van der Waals surface area (Å²) in [6.07, 6.45) is -1.67. The second-order valence-electron chi connectivity index (χ2n) is 12.5. The van der Waals surface area contributed by atoms with Crippen molar-refractivity contribution in [3.05, 3.63) is 47.3 Å². The molecule has 13 heteroatoms. The van der Waals surface area contributed by atoms with Crippen LogP contribution in [0.2, 0.25) is 0 Å². The number of piperazine rings is 1. The highest BCUT2D eigenvalue weighted by Crippen LogP contribution is 2.38. The molecular weight excluding hydrogens is 587 g/mol. The Balaban J connectivity index is 1.18. The molecule has 0 unspecified atom stereocenters. The molecule has 3 heterocycles. The molecule has 0 bridgehead atoms. The van der Waals surface area contributed by atoms with Crippen molar-refractivity contribution in [2.75, 3.05) is 70.9 Å². The summed E-state index contributed by atoms with van der Waals surface area (Å²) in [6, 6.07) is 6.78. The Morgan fingerprint density at radius 3 is 2.29 bits per heavy atom. The Morgan fingerprint density at radius 1 is 0.978 bits per heavy atom. The Hall–Kier alpha value is -3.29. The summed E-state index contributed by atoms with van der Waals surface area (Å²) in [7, 11) is 0. The average Bonchev–Trinajstić information content (AvgIpc) is 3.48. The summed E-state index contributed by atoms with van der Waals surface area (Å²) in [5.41, 5.74) is 0.0961. The highest BCUT2D eigenvalue weighted by molar-refractivity contribution is 5.94. The molecule has 45 heavy (non-hydrogen) atoms. The molecule has 2 atom stereocenters. The van der Waals surface area contributed by atoms with E-state index in [4.69, 9.17) is 4.74 Å². The van der Waals surface area contributed by atoms with Crippen LogP contribution in [-0.4, -0.2) is 108 Å². The first kappa shape index (κ1) is 33.1. The molecule has 0 spiro atoms. The zero-order valence-corrected chi connectivity index (χ0v) is 26.1. The van der Waals surface area contributed by atoms with Gasteiger partial charge >= 0.3 is 6.18 Å². The number of carbonyl (C=O) groups excluding carboxylic acids is 2. The summed E-state index contributed by atoms with van der Waals surface area (Å²) in [6.45, 7) is 12.2. The summed E-state index contributed by atoms with van der Waals surface area (Å²) in [5, 5.41) is 5.89. The molecule has 10 nitrogen and oxygen atoms in total. The van der Waals surface area contributed by atoms with Crippen LogP contribution in [0.5, 0.6) is 0 Å². The van der Waals surface area contributed by atoms with Crippen molar-refractivity contribution in [1.29, 1.82) is 0 Å². The number of ether oxygens (including phenoxy) is 1. The minimum atomic E-state index is -4.61. The van der Waals surface area contributed by atoms with Gasteiger partial charge in [0.1, 0.15) is 0 Å². The zero-order chi connectivity index (χ0) is 32.0. The highest BCUT2D eigenvalue weighted by Gasteiger charge is 2.39. The SMILES string of the molecule is CC(C)NC(=O)[C@H]1CCC[C@H]1Cc1nc(Nc2ccc(C(=O)N3CCN(CCN4CCOCC4)CC3)cc2)ncc1C(F)(F)F. The molecule has 1 aromatic heterocycles. The monoisotopic (exact) mass is 631 g/mol. The van der Waals surface area contributed by atoms with Crippen LogP contribution in [0.4, 0.5) is 24.8 Å². The molecule has 2 saturated heterocycles. The van der Waals surface area contributed by atoms with E-state index >= 15 is 0 Å². The number of hydrogen-bond donors (Lipinski definition) is 2. The third-order valence-corrected chi connectivity index (χ3v) is 8.94. The number of benzene rings is 1. The number of alkyl halides is 3. The number of amides is 2. The van der Waals surface area contributed by atoms with Gasteiger partial charge in [-0.1, -0.05) is 6.42 Å². The van der Waals surface area contributed by atoms with Crippen molar-refractivity contribution in [2.45, 2.75) is 51.7 Å². The first-order valence-electron chi connectivity index (χ1n) is 16.0.